The quantitative estimate of drug-likeness (QED) is 0.251. The van der Waals surface area contributed by atoms with Crippen molar-refractivity contribution >= 4 is 5.57 Å². The van der Waals surface area contributed by atoms with Crippen molar-refractivity contribution < 1.29 is 0 Å². The van der Waals surface area contributed by atoms with Gasteiger partial charge < -0.3 is 0 Å². The van der Waals surface area contributed by atoms with Crippen molar-refractivity contribution in [3.8, 4) is 0 Å². The minimum absolute atomic E-state index is 0.133. The molecule has 0 radical (unpaired) electrons. The van der Waals surface area contributed by atoms with Crippen LogP contribution in [0.25, 0.3) is 5.57 Å². The molecule has 0 spiro atoms. The van der Waals surface area contributed by atoms with E-state index in [2.05, 4.69) is 174 Å². The summed E-state index contributed by atoms with van der Waals surface area (Å²) in [5.74, 6) is 0. The first-order valence-electron chi connectivity index (χ1n) is 14.8. The first-order valence-corrected chi connectivity index (χ1v) is 14.8. The Balaban J connectivity index is 1.76. The highest BCUT2D eigenvalue weighted by Gasteiger charge is 2.34. The molecule has 1 aliphatic rings. The van der Waals surface area contributed by atoms with E-state index < -0.39 is 0 Å². The summed E-state index contributed by atoms with van der Waals surface area (Å²) in [5.41, 5.74) is 9.03. The first-order chi connectivity index (χ1) is 19.9. The van der Waals surface area contributed by atoms with E-state index in [4.69, 9.17) is 0 Å². The van der Waals surface area contributed by atoms with E-state index in [1.54, 1.807) is 0 Å². The van der Waals surface area contributed by atoms with Crippen LogP contribution in [0.1, 0.15) is 68.4 Å². The summed E-state index contributed by atoms with van der Waals surface area (Å²) in [6.07, 6.45) is 26.9. The Bertz CT molecular complexity index is 1480. The number of hydrogen-bond donors (Lipinski definition) is 0. The lowest BCUT2D eigenvalue weighted by Gasteiger charge is -2.35. The normalized spacial score (nSPS) is 20.3. The highest BCUT2D eigenvalue weighted by atomic mass is 14.4. The molecule has 0 heteroatoms. The number of benzene rings is 3. The molecule has 0 N–H and O–H groups in total. The van der Waals surface area contributed by atoms with Gasteiger partial charge in [0.1, 0.15) is 0 Å². The fraction of sp³-hybridized carbons (Fsp3) is 0.220. The molecule has 1 unspecified atom stereocenters. The lowest BCUT2D eigenvalue weighted by atomic mass is 9.68. The third-order valence-corrected chi connectivity index (χ3v) is 7.94. The molecule has 208 valence electrons. The standard InChI is InChI=1S/C41H44/c1-6-8-9-15-31-41(38-21-11-10-12-22-38)32-30-33(18-16-20-36-19-13-14-23-39(36)41)24-25-34(17-7-2)35-26-28-37(29-27-35)40(3,4)5/h6-19,21-30H,2,20,31-32H2,1,3-5H3/b8-6-,15-9-,18-16-,25-24-,33-30+,34-17+. The Kier molecular flexibility index (Phi) is 10.1. The van der Waals surface area contributed by atoms with Crippen LogP contribution in [0.5, 0.6) is 0 Å². The van der Waals surface area contributed by atoms with Gasteiger partial charge in [-0.15, -0.1) is 0 Å². The molecule has 0 nitrogen and oxygen atoms in total. The predicted molar refractivity (Wildman–Crippen MR) is 180 cm³/mol. The molecular formula is C41H44. The van der Waals surface area contributed by atoms with Crippen LogP contribution in [0.15, 0.2) is 158 Å². The average Bonchev–Trinajstić information content (AvgIpc) is 3.06. The highest BCUT2D eigenvalue weighted by molar-refractivity contribution is 5.76. The summed E-state index contributed by atoms with van der Waals surface area (Å²) in [4.78, 5) is 0. The van der Waals surface area contributed by atoms with Gasteiger partial charge in [0.25, 0.3) is 0 Å². The predicted octanol–water partition coefficient (Wildman–Crippen LogP) is 11.0. The van der Waals surface area contributed by atoms with Crippen molar-refractivity contribution in [2.24, 2.45) is 0 Å². The van der Waals surface area contributed by atoms with E-state index in [1.165, 1.54) is 33.4 Å². The van der Waals surface area contributed by atoms with Crippen LogP contribution in [0.4, 0.5) is 0 Å². The maximum atomic E-state index is 3.98. The van der Waals surface area contributed by atoms with Gasteiger partial charge in [-0.25, -0.2) is 0 Å². The van der Waals surface area contributed by atoms with E-state index in [0.717, 1.165) is 24.8 Å². The Morgan fingerprint density at radius 2 is 1.63 bits per heavy atom. The van der Waals surface area contributed by atoms with Crippen molar-refractivity contribution in [3.63, 3.8) is 0 Å². The van der Waals surface area contributed by atoms with E-state index >= 15 is 0 Å². The van der Waals surface area contributed by atoms with Gasteiger partial charge in [0.05, 0.1) is 0 Å². The monoisotopic (exact) mass is 536 g/mol. The average molecular weight is 537 g/mol. The molecule has 0 heterocycles. The van der Waals surface area contributed by atoms with Crippen molar-refractivity contribution in [3.05, 3.63) is 186 Å². The first kappa shape index (κ1) is 29.8. The molecule has 0 fully saturated rings. The molecule has 3 aromatic carbocycles. The number of hydrogen-bond acceptors (Lipinski definition) is 0. The zero-order valence-corrected chi connectivity index (χ0v) is 25.2. The van der Waals surface area contributed by atoms with Crippen LogP contribution < -0.4 is 0 Å². The number of allylic oxidation sites excluding steroid dienone is 13. The topological polar surface area (TPSA) is 0 Å². The minimum atomic E-state index is -0.163. The van der Waals surface area contributed by atoms with Crippen molar-refractivity contribution in [1.82, 2.24) is 0 Å². The summed E-state index contributed by atoms with van der Waals surface area (Å²) in [6.45, 7) is 12.8. The van der Waals surface area contributed by atoms with Crippen LogP contribution >= 0.6 is 0 Å². The van der Waals surface area contributed by atoms with Gasteiger partial charge in [-0.05, 0) is 70.6 Å². The van der Waals surface area contributed by atoms with E-state index in [1.807, 2.05) is 6.08 Å². The molecule has 0 saturated heterocycles. The third-order valence-electron chi connectivity index (χ3n) is 7.94. The third kappa shape index (κ3) is 7.53. The summed E-state index contributed by atoms with van der Waals surface area (Å²) in [5, 5.41) is 0. The maximum Gasteiger partial charge on any atom is 0.0274 e. The molecule has 41 heavy (non-hydrogen) atoms. The summed E-state index contributed by atoms with van der Waals surface area (Å²) < 4.78 is 0. The van der Waals surface area contributed by atoms with Crippen molar-refractivity contribution in [2.75, 3.05) is 0 Å². The van der Waals surface area contributed by atoms with Crippen LogP contribution in [0.2, 0.25) is 0 Å². The van der Waals surface area contributed by atoms with Crippen molar-refractivity contribution in [1.29, 1.82) is 0 Å². The van der Waals surface area contributed by atoms with Gasteiger partial charge in [-0.2, -0.15) is 0 Å². The number of fused-ring (bicyclic) bond motifs is 1. The van der Waals surface area contributed by atoms with Crippen LogP contribution in [-0.4, -0.2) is 0 Å². The molecule has 0 aliphatic heterocycles. The van der Waals surface area contributed by atoms with Crippen LogP contribution in [0, 0.1) is 0 Å². The molecule has 0 amide bonds. The molecule has 0 aromatic heterocycles. The van der Waals surface area contributed by atoms with Crippen molar-refractivity contribution in [2.45, 2.75) is 57.8 Å². The summed E-state index contributed by atoms with van der Waals surface area (Å²) in [7, 11) is 0. The van der Waals surface area contributed by atoms with Gasteiger partial charge in [0, 0.05) is 5.41 Å². The Hall–Kier alpha value is -4.16. The minimum Gasteiger partial charge on any atom is -0.0990 e. The summed E-state index contributed by atoms with van der Waals surface area (Å²) in [6, 6.07) is 29.0. The van der Waals surface area contributed by atoms with Gasteiger partial charge in [-0.1, -0.05) is 173 Å². The molecule has 0 saturated carbocycles. The Labute approximate surface area is 248 Å². The van der Waals surface area contributed by atoms with Gasteiger partial charge >= 0.3 is 0 Å². The Morgan fingerprint density at radius 3 is 2.34 bits per heavy atom. The van der Waals surface area contributed by atoms with Crippen LogP contribution in [-0.2, 0) is 17.3 Å². The molecule has 0 bridgehead atoms. The molecule has 4 rings (SSSR count). The lowest BCUT2D eigenvalue weighted by Crippen LogP contribution is -2.28. The molecule has 1 aliphatic carbocycles. The second-order valence-corrected chi connectivity index (χ2v) is 11.8. The van der Waals surface area contributed by atoms with Gasteiger partial charge in [0.15, 0.2) is 0 Å². The van der Waals surface area contributed by atoms with Crippen LogP contribution in [0.3, 0.4) is 0 Å². The fourth-order valence-electron chi connectivity index (χ4n) is 5.61. The molecule has 3 aromatic rings. The van der Waals surface area contributed by atoms with E-state index in [-0.39, 0.29) is 10.8 Å². The fourth-order valence-corrected chi connectivity index (χ4v) is 5.61. The smallest absolute Gasteiger partial charge is 0.0274 e. The zero-order chi connectivity index (χ0) is 29.1. The summed E-state index contributed by atoms with van der Waals surface area (Å²) >= 11 is 0. The van der Waals surface area contributed by atoms with Gasteiger partial charge in [-0.3, -0.25) is 0 Å². The number of rotatable bonds is 8. The van der Waals surface area contributed by atoms with E-state index in [0.29, 0.717) is 0 Å². The molecule has 1 atom stereocenters. The molecular weight excluding hydrogens is 492 g/mol. The second kappa shape index (κ2) is 14.0. The van der Waals surface area contributed by atoms with Gasteiger partial charge in [0.2, 0.25) is 0 Å². The maximum absolute atomic E-state index is 3.98. The van der Waals surface area contributed by atoms with E-state index in [9.17, 15) is 0 Å². The second-order valence-electron chi connectivity index (χ2n) is 11.8. The SMILES string of the molecule is C=C\C=C(/C=C\C1=C\CC(C/C=C\C=C/C)(c2ccccc2)c2ccccc2C\C=C/1)c1ccc(C(C)(C)C)cc1. The zero-order valence-electron chi connectivity index (χ0n) is 25.2. The largest absolute Gasteiger partial charge is 0.0990 e. The lowest BCUT2D eigenvalue weighted by molar-refractivity contribution is 0.524. The highest BCUT2D eigenvalue weighted by Crippen LogP contribution is 2.42. The Morgan fingerprint density at radius 1 is 0.902 bits per heavy atom.